The Bertz CT molecular complexity index is 572. The molecule has 1 aliphatic heterocycles. The third-order valence-electron chi connectivity index (χ3n) is 2.82. The average Bonchev–Trinajstić information content (AvgIpc) is 2.82. The molecule has 1 aromatic rings. The molecule has 8 heteroatoms. The largest absolute Gasteiger partial charge is 0.394 e. The van der Waals surface area contributed by atoms with Crippen molar-refractivity contribution in [3.63, 3.8) is 0 Å². The van der Waals surface area contributed by atoms with Crippen LogP contribution in [-0.4, -0.2) is 26.9 Å². The quantitative estimate of drug-likeness (QED) is 0.823. The van der Waals surface area contributed by atoms with Crippen LogP contribution in [0.4, 0.5) is 20.2 Å². The van der Waals surface area contributed by atoms with E-state index in [0.29, 0.717) is 13.0 Å². The van der Waals surface area contributed by atoms with E-state index < -0.39 is 33.4 Å². The van der Waals surface area contributed by atoms with Gasteiger partial charge in [-0.1, -0.05) is 0 Å². The molecule has 0 amide bonds. The second-order valence-corrected chi connectivity index (χ2v) is 6.11. The first-order chi connectivity index (χ1) is 8.89. The Hall–Kier alpha value is -1.41. The van der Waals surface area contributed by atoms with Crippen LogP contribution in [0.15, 0.2) is 12.1 Å². The molecule has 1 fully saturated rings. The summed E-state index contributed by atoms with van der Waals surface area (Å²) < 4.78 is 57.4. The summed E-state index contributed by atoms with van der Waals surface area (Å²) >= 11 is 0. The monoisotopic (exact) mass is 292 g/mol. The minimum atomic E-state index is -3.76. The van der Waals surface area contributed by atoms with E-state index in [0.717, 1.165) is 18.6 Å². The van der Waals surface area contributed by atoms with Gasteiger partial charge in [0.2, 0.25) is 10.0 Å². The molecule has 0 unspecified atom stereocenters. The molecule has 0 radical (unpaired) electrons. The molecule has 3 N–H and O–H groups in total. The Kier molecular flexibility index (Phi) is 3.91. The lowest BCUT2D eigenvalue weighted by atomic mass is 10.2. The number of hydrogen-bond acceptors (Lipinski definition) is 4. The lowest BCUT2D eigenvalue weighted by Gasteiger charge is -2.13. The highest BCUT2D eigenvalue weighted by molar-refractivity contribution is 7.92. The standard InChI is InChI=1S/C11H14F2N2O3S/c12-8-3-4-9(10(13)11(8)14)15-19(16,17)6-7-2-1-5-18-7/h3-4,7,15H,1-2,5-6,14H2/t7-/m0/s1. The van der Waals surface area contributed by atoms with Crippen LogP contribution in [0.5, 0.6) is 0 Å². The highest BCUT2D eigenvalue weighted by Crippen LogP contribution is 2.24. The van der Waals surface area contributed by atoms with Crippen molar-refractivity contribution in [3.05, 3.63) is 23.8 Å². The van der Waals surface area contributed by atoms with Crippen molar-refractivity contribution in [2.75, 3.05) is 22.8 Å². The molecule has 5 nitrogen and oxygen atoms in total. The maximum absolute atomic E-state index is 13.6. The molecule has 0 saturated carbocycles. The van der Waals surface area contributed by atoms with Crippen molar-refractivity contribution >= 4 is 21.4 Å². The summed E-state index contributed by atoms with van der Waals surface area (Å²) in [6, 6.07) is 1.90. The first-order valence-electron chi connectivity index (χ1n) is 5.74. The first kappa shape index (κ1) is 14.0. The Morgan fingerprint density at radius 2 is 2.16 bits per heavy atom. The smallest absolute Gasteiger partial charge is 0.235 e. The number of benzene rings is 1. The summed E-state index contributed by atoms with van der Waals surface area (Å²) in [6.07, 6.45) is 1.06. The van der Waals surface area contributed by atoms with Gasteiger partial charge in [-0.2, -0.15) is 0 Å². The summed E-state index contributed by atoms with van der Waals surface area (Å²) in [5, 5.41) is 0. The van der Waals surface area contributed by atoms with E-state index in [2.05, 4.69) is 4.72 Å². The third kappa shape index (κ3) is 3.32. The van der Waals surface area contributed by atoms with Gasteiger partial charge in [-0.05, 0) is 25.0 Å². The molecule has 0 bridgehead atoms. The molecule has 106 valence electrons. The van der Waals surface area contributed by atoms with Crippen molar-refractivity contribution in [3.8, 4) is 0 Å². The minimum absolute atomic E-state index is 0.260. The highest BCUT2D eigenvalue weighted by Gasteiger charge is 2.24. The van der Waals surface area contributed by atoms with Crippen LogP contribution in [0, 0.1) is 11.6 Å². The van der Waals surface area contributed by atoms with Gasteiger partial charge in [0.25, 0.3) is 0 Å². The summed E-state index contributed by atoms with van der Waals surface area (Å²) in [7, 11) is -3.76. The number of rotatable bonds is 4. The van der Waals surface area contributed by atoms with Gasteiger partial charge >= 0.3 is 0 Å². The van der Waals surface area contributed by atoms with Gasteiger partial charge in [0.1, 0.15) is 11.5 Å². The predicted molar refractivity (Wildman–Crippen MR) is 67.2 cm³/mol. The van der Waals surface area contributed by atoms with Crippen LogP contribution >= 0.6 is 0 Å². The van der Waals surface area contributed by atoms with Gasteiger partial charge in [0.15, 0.2) is 5.82 Å². The Balaban J connectivity index is 2.13. The lowest BCUT2D eigenvalue weighted by Crippen LogP contribution is -2.26. The van der Waals surface area contributed by atoms with Gasteiger partial charge in [-0.3, -0.25) is 4.72 Å². The van der Waals surface area contributed by atoms with E-state index in [1.807, 2.05) is 0 Å². The zero-order valence-electron chi connectivity index (χ0n) is 10.0. The number of sulfonamides is 1. The van der Waals surface area contributed by atoms with Gasteiger partial charge < -0.3 is 10.5 Å². The van der Waals surface area contributed by atoms with Crippen molar-refractivity contribution in [1.29, 1.82) is 0 Å². The third-order valence-corrected chi connectivity index (χ3v) is 4.16. The van der Waals surface area contributed by atoms with Crippen molar-refractivity contribution < 1.29 is 21.9 Å². The van der Waals surface area contributed by atoms with Crippen LogP contribution in [0.1, 0.15) is 12.8 Å². The topological polar surface area (TPSA) is 81.4 Å². The summed E-state index contributed by atoms with van der Waals surface area (Å²) in [5.41, 5.74) is 4.08. The van der Waals surface area contributed by atoms with Crippen LogP contribution in [-0.2, 0) is 14.8 Å². The Morgan fingerprint density at radius 3 is 2.79 bits per heavy atom. The molecule has 1 atom stereocenters. The molecule has 19 heavy (non-hydrogen) atoms. The van der Waals surface area contributed by atoms with Crippen molar-refractivity contribution in [2.24, 2.45) is 0 Å². The molecule has 0 aromatic heterocycles. The fraction of sp³-hybridized carbons (Fsp3) is 0.455. The lowest BCUT2D eigenvalue weighted by molar-refractivity contribution is 0.127. The summed E-state index contributed by atoms with van der Waals surface area (Å²) in [5.74, 6) is -2.31. The molecule has 0 spiro atoms. The molecule has 1 heterocycles. The number of nitrogens with one attached hydrogen (secondary N) is 1. The van der Waals surface area contributed by atoms with Crippen LogP contribution in [0.25, 0.3) is 0 Å². The van der Waals surface area contributed by atoms with Crippen molar-refractivity contribution in [2.45, 2.75) is 18.9 Å². The second kappa shape index (κ2) is 5.30. The van der Waals surface area contributed by atoms with E-state index in [-0.39, 0.29) is 11.4 Å². The fourth-order valence-corrected chi connectivity index (χ4v) is 3.21. The zero-order valence-corrected chi connectivity index (χ0v) is 10.8. The van der Waals surface area contributed by atoms with E-state index in [1.54, 1.807) is 0 Å². The summed E-state index contributed by atoms with van der Waals surface area (Å²) in [4.78, 5) is 0. The van der Waals surface area contributed by atoms with E-state index in [4.69, 9.17) is 10.5 Å². The number of halogens is 2. The highest BCUT2D eigenvalue weighted by atomic mass is 32.2. The fourth-order valence-electron chi connectivity index (χ4n) is 1.88. The SMILES string of the molecule is Nc1c(F)ccc(NS(=O)(=O)C[C@@H]2CCCO2)c1F. The predicted octanol–water partition coefficient (Wildman–Crippen LogP) is 1.47. The van der Waals surface area contributed by atoms with E-state index >= 15 is 0 Å². The van der Waals surface area contributed by atoms with E-state index in [1.165, 1.54) is 0 Å². The minimum Gasteiger partial charge on any atom is -0.394 e. The van der Waals surface area contributed by atoms with Gasteiger partial charge in [-0.25, -0.2) is 17.2 Å². The number of nitrogens with two attached hydrogens (primary N) is 1. The van der Waals surface area contributed by atoms with Crippen LogP contribution < -0.4 is 10.5 Å². The summed E-state index contributed by atoms with van der Waals surface area (Å²) in [6.45, 7) is 0.526. The van der Waals surface area contributed by atoms with Crippen LogP contribution in [0.3, 0.4) is 0 Å². The number of ether oxygens (including phenoxy) is 1. The van der Waals surface area contributed by atoms with Crippen molar-refractivity contribution in [1.82, 2.24) is 0 Å². The average molecular weight is 292 g/mol. The second-order valence-electron chi connectivity index (χ2n) is 4.34. The molecule has 0 aliphatic carbocycles. The number of hydrogen-bond donors (Lipinski definition) is 2. The first-order valence-corrected chi connectivity index (χ1v) is 7.40. The number of nitrogen functional groups attached to an aromatic ring is 1. The van der Waals surface area contributed by atoms with Gasteiger partial charge in [0.05, 0.1) is 17.5 Å². The zero-order chi connectivity index (χ0) is 14.0. The Morgan fingerprint density at radius 1 is 1.42 bits per heavy atom. The molecular weight excluding hydrogens is 278 g/mol. The molecule has 1 aromatic carbocycles. The number of anilines is 2. The molecule has 1 aliphatic rings. The maximum atomic E-state index is 13.6. The van der Waals surface area contributed by atoms with Gasteiger partial charge in [0, 0.05) is 6.61 Å². The molecular formula is C11H14F2N2O3S. The van der Waals surface area contributed by atoms with Crippen LogP contribution in [0.2, 0.25) is 0 Å². The maximum Gasteiger partial charge on any atom is 0.235 e. The van der Waals surface area contributed by atoms with Gasteiger partial charge in [-0.15, -0.1) is 0 Å². The molecule has 2 rings (SSSR count). The van der Waals surface area contributed by atoms with E-state index in [9.17, 15) is 17.2 Å². The Labute approximate surface area is 109 Å². The normalized spacial score (nSPS) is 19.6. The molecule has 1 saturated heterocycles.